The smallest absolute Gasteiger partial charge is 0.225 e. The second-order valence-electron chi connectivity index (χ2n) is 7.32. The Morgan fingerprint density at radius 2 is 1.73 bits per heavy atom. The van der Waals surface area contributed by atoms with Crippen LogP contribution in [0.3, 0.4) is 0 Å². The fourth-order valence-electron chi connectivity index (χ4n) is 2.70. The summed E-state index contributed by atoms with van der Waals surface area (Å²) in [5.74, 6) is -0.134. The van der Waals surface area contributed by atoms with Gasteiger partial charge in [0, 0.05) is 29.9 Å². The first-order valence-electron chi connectivity index (χ1n) is 9.24. The highest BCUT2D eigenvalue weighted by Gasteiger charge is 2.22. The van der Waals surface area contributed by atoms with E-state index in [9.17, 15) is 9.59 Å². The number of hydrogen-bond donors (Lipinski definition) is 2. The molecule has 146 valence electrons. The minimum absolute atomic E-state index is 0.0202. The number of nitrogens with one attached hydrogen (secondary N) is 2. The molecular formula is C20H32ClN3O2. The van der Waals surface area contributed by atoms with Gasteiger partial charge in [-0.05, 0) is 24.7 Å². The maximum atomic E-state index is 12.2. The van der Waals surface area contributed by atoms with Crippen molar-refractivity contribution in [2.45, 2.75) is 47.1 Å². The molecule has 0 saturated carbocycles. The van der Waals surface area contributed by atoms with E-state index >= 15 is 0 Å². The van der Waals surface area contributed by atoms with Crippen molar-refractivity contribution in [1.82, 2.24) is 15.5 Å². The van der Waals surface area contributed by atoms with Gasteiger partial charge in [0.2, 0.25) is 11.8 Å². The van der Waals surface area contributed by atoms with Gasteiger partial charge >= 0.3 is 0 Å². The average Bonchev–Trinajstić information content (AvgIpc) is 2.58. The Morgan fingerprint density at radius 1 is 1.12 bits per heavy atom. The van der Waals surface area contributed by atoms with E-state index in [1.807, 2.05) is 45.0 Å². The topological polar surface area (TPSA) is 61.4 Å². The highest BCUT2D eigenvalue weighted by molar-refractivity contribution is 6.31. The number of hydrogen-bond acceptors (Lipinski definition) is 3. The first-order valence-corrected chi connectivity index (χ1v) is 9.61. The number of carbonyl (C=O) groups is 2. The number of carbonyl (C=O) groups excluding carboxylic acids is 2. The Balaban J connectivity index is 2.63. The van der Waals surface area contributed by atoms with Gasteiger partial charge in [-0.2, -0.15) is 0 Å². The summed E-state index contributed by atoms with van der Waals surface area (Å²) in [5.41, 5.74) is 0.563. The molecule has 1 atom stereocenters. The lowest BCUT2D eigenvalue weighted by Gasteiger charge is -2.31. The number of amides is 2. The van der Waals surface area contributed by atoms with Crippen LogP contribution in [0.1, 0.15) is 52.6 Å². The van der Waals surface area contributed by atoms with Gasteiger partial charge in [0.25, 0.3) is 0 Å². The molecule has 0 saturated heterocycles. The fraction of sp³-hybridized carbons (Fsp3) is 0.600. The SMILES string of the molecule is CCN(CC)C(CNC(=O)CCNC(=O)C(C)(C)C)c1ccccc1Cl. The lowest BCUT2D eigenvalue weighted by Crippen LogP contribution is -2.40. The van der Waals surface area contributed by atoms with E-state index in [4.69, 9.17) is 11.6 Å². The van der Waals surface area contributed by atoms with E-state index < -0.39 is 5.41 Å². The zero-order valence-corrected chi connectivity index (χ0v) is 17.3. The van der Waals surface area contributed by atoms with Gasteiger partial charge in [-0.25, -0.2) is 0 Å². The summed E-state index contributed by atoms with van der Waals surface area (Å²) in [7, 11) is 0. The summed E-state index contributed by atoms with van der Waals surface area (Å²) >= 11 is 6.37. The molecule has 0 heterocycles. The van der Waals surface area contributed by atoms with Crippen LogP contribution in [0.2, 0.25) is 5.02 Å². The van der Waals surface area contributed by atoms with Crippen LogP contribution in [0.25, 0.3) is 0 Å². The van der Waals surface area contributed by atoms with Crippen molar-refractivity contribution in [3.8, 4) is 0 Å². The van der Waals surface area contributed by atoms with E-state index in [0.29, 0.717) is 18.1 Å². The summed E-state index contributed by atoms with van der Waals surface area (Å²) in [6.07, 6.45) is 0.259. The zero-order valence-electron chi connectivity index (χ0n) is 16.6. The molecule has 0 aliphatic heterocycles. The molecule has 6 heteroatoms. The van der Waals surface area contributed by atoms with E-state index in [2.05, 4.69) is 29.4 Å². The normalized spacial score (nSPS) is 12.7. The number of rotatable bonds is 9. The third-order valence-electron chi connectivity index (χ3n) is 4.33. The monoisotopic (exact) mass is 381 g/mol. The first kappa shape index (κ1) is 22.5. The third-order valence-corrected chi connectivity index (χ3v) is 4.67. The predicted molar refractivity (Wildman–Crippen MR) is 107 cm³/mol. The van der Waals surface area contributed by atoms with Gasteiger partial charge in [0.05, 0.1) is 6.04 Å². The lowest BCUT2D eigenvalue weighted by atomic mass is 9.96. The Hall–Kier alpha value is -1.59. The second-order valence-corrected chi connectivity index (χ2v) is 7.73. The molecule has 2 amide bonds. The molecule has 1 aromatic rings. The van der Waals surface area contributed by atoms with E-state index in [-0.39, 0.29) is 24.3 Å². The van der Waals surface area contributed by atoms with Crippen LogP contribution in [0.5, 0.6) is 0 Å². The molecule has 1 unspecified atom stereocenters. The average molecular weight is 382 g/mol. The second kappa shape index (κ2) is 10.5. The van der Waals surface area contributed by atoms with Crippen LogP contribution < -0.4 is 10.6 Å². The van der Waals surface area contributed by atoms with Crippen molar-refractivity contribution >= 4 is 23.4 Å². The van der Waals surface area contributed by atoms with Crippen molar-refractivity contribution in [1.29, 1.82) is 0 Å². The molecule has 0 radical (unpaired) electrons. The van der Waals surface area contributed by atoms with Crippen molar-refractivity contribution < 1.29 is 9.59 Å². The highest BCUT2D eigenvalue weighted by Crippen LogP contribution is 2.26. The van der Waals surface area contributed by atoms with Crippen molar-refractivity contribution in [3.05, 3.63) is 34.9 Å². The van der Waals surface area contributed by atoms with Crippen molar-refractivity contribution in [3.63, 3.8) is 0 Å². The first-order chi connectivity index (χ1) is 12.2. The minimum atomic E-state index is -0.450. The molecule has 2 N–H and O–H groups in total. The zero-order chi connectivity index (χ0) is 19.7. The number of halogens is 1. The molecule has 1 rings (SSSR count). The van der Waals surface area contributed by atoms with E-state index in [1.54, 1.807) is 0 Å². The van der Waals surface area contributed by atoms with Crippen molar-refractivity contribution in [2.24, 2.45) is 5.41 Å². The molecule has 0 aliphatic rings. The van der Waals surface area contributed by atoms with Crippen LogP contribution in [0.15, 0.2) is 24.3 Å². The van der Waals surface area contributed by atoms with Crippen LogP contribution in [-0.2, 0) is 9.59 Å². The molecular weight excluding hydrogens is 350 g/mol. The van der Waals surface area contributed by atoms with Gasteiger partial charge in [-0.3, -0.25) is 14.5 Å². The van der Waals surface area contributed by atoms with Crippen LogP contribution in [0.4, 0.5) is 0 Å². The largest absolute Gasteiger partial charge is 0.355 e. The molecule has 0 spiro atoms. The Bertz CT molecular complexity index is 595. The van der Waals surface area contributed by atoms with Crippen LogP contribution in [-0.4, -0.2) is 42.9 Å². The summed E-state index contributed by atoms with van der Waals surface area (Å²) < 4.78 is 0. The van der Waals surface area contributed by atoms with Crippen LogP contribution >= 0.6 is 11.6 Å². The molecule has 0 aromatic heterocycles. The summed E-state index contributed by atoms with van der Waals surface area (Å²) in [6, 6.07) is 7.76. The molecule has 0 fully saturated rings. The standard InChI is InChI=1S/C20H32ClN3O2/c1-6-24(7-2)17(15-10-8-9-11-16(15)21)14-23-18(25)12-13-22-19(26)20(3,4)5/h8-11,17H,6-7,12-14H2,1-5H3,(H,22,26)(H,23,25). The van der Waals surface area contributed by atoms with Crippen molar-refractivity contribution in [2.75, 3.05) is 26.2 Å². The van der Waals surface area contributed by atoms with E-state index in [1.165, 1.54) is 0 Å². The minimum Gasteiger partial charge on any atom is -0.355 e. The summed E-state index contributed by atoms with van der Waals surface area (Å²) in [4.78, 5) is 26.3. The van der Waals surface area contributed by atoms with Gasteiger partial charge in [-0.15, -0.1) is 0 Å². The number of nitrogens with zero attached hydrogens (tertiary/aromatic N) is 1. The fourth-order valence-corrected chi connectivity index (χ4v) is 2.96. The molecule has 0 aliphatic carbocycles. The molecule has 0 bridgehead atoms. The van der Waals surface area contributed by atoms with Gasteiger partial charge < -0.3 is 10.6 Å². The molecule has 5 nitrogen and oxygen atoms in total. The Morgan fingerprint density at radius 3 is 2.27 bits per heavy atom. The molecule has 26 heavy (non-hydrogen) atoms. The van der Waals surface area contributed by atoms with Gasteiger partial charge in [0.15, 0.2) is 0 Å². The maximum Gasteiger partial charge on any atom is 0.225 e. The predicted octanol–water partition coefficient (Wildman–Crippen LogP) is 3.39. The van der Waals surface area contributed by atoms with Crippen LogP contribution in [0, 0.1) is 5.41 Å². The van der Waals surface area contributed by atoms with E-state index in [0.717, 1.165) is 18.7 Å². The molecule has 1 aromatic carbocycles. The number of benzene rings is 1. The summed E-state index contributed by atoms with van der Waals surface area (Å²) in [6.45, 7) is 12.3. The van der Waals surface area contributed by atoms with Gasteiger partial charge in [-0.1, -0.05) is 64.4 Å². The highest BCUT2D eigenvalue weighted by atomic mass is 35.5. The van der Waals surface area contributed by atoms with Gasteiger partial charge in [0.1, 0.15) is 0 Å². The maximum absolute atomic E-state index is 12.2. The third kappa shape index (κ3) is 6.96. The Labute approximate surface area is 162 Å². The lowest BCUT2D eigenvalue weighted by molar-refractivity contribution is -0.128. The number of likely N-dealkylation sites (N-methyl/N-ethyl adjacent to an activating group) is 1. The quantitative estimate of drug-likeness (QED) is 0.689. The summed E-state index contributed by atoms with van der Waals surface area (Å²) in [5, 5.41) is 6.48. The Kier molecular flexibility index (Phi) is 9.09.